The van der Waals surface area contributed by atoms with Crippen molar-refractivity contribution < 1.29 is 14.2 Å². The van der Waals surface area contributed by atoms with Crippen molar-refractivity contribution in [2.75, 3.05) is 7.11 Å². The molecule has 0 spiro atoms. The summed E-state index contributed by atoms with van der Waals surface area (Å²) in [5, 5.41) is 9.61. The second-order valence-corrected chi connectivity index (χ2v) is 3.44. The molecule has 0 aliphatic carbocycles. The van der Waals surface area contributed by atoms with Crippen LogP contribution in [0.1, 0.15) is 19.4 Å². The molecule has 0 heterocycles. The Morgan fingerprint density at radius 2 is 1.92 bits per heavy atom. The van der Waals surface area contributed by atoms with Crippen LogP contribution in [0.5, 0.6) is 5.75 Å². The fraction of sp³-hybridized carbons (Fsp3) is 0.400. The van der Waals surface area contributed by atoms with Crippen molar-refractivity contribution in [3.63, 3.8) is 0 Å². The summed E-state index contributed by atoms with van der Waals surface area (Å²) in [6.45, 7) is 3.20. The molecule has 0 atom stereocenters. The summed E-state index contributed by atoms with van der Waals surface area (Å²) in [6, 6.07) is 4.18. The number of hydrogen-bond donors (Lipinski definition) is 1. The first-order chi connectivity index (χ1) is 5.93. The third kappa shape index (κ3) is 2.42. The molecule has 0 fully saturated rings. The summed E-state index contributed by atoms with van der Waals surface area (Å²) in [5.74, 6) is 0.00796. The van der Waals surface area contributed by atoms with Crippen LogP contribution in [0.3, 0.4) is 0 Å². The van der Waals surface area contributed by atoms with E-state index < -0.39 is 11.4 Å². The molecule has 0 aliphatic heterocycles. The van der Waals surface area contributed by atoms with Gasteiger partial charge < -0.3 is 9.84 Å². The SMILES string of the molecule is COc1cc(F)cc(C(C)(C)O)c1. The van der Waals surface area contributed by atoms with Gasteiger partial charge in [-0.1, -0.05) is 0 Å². The van der Waals surface area contributed by atoms with E-state index in [1.54, 1.807) is 19.9 Å². The molecule has 1 N–H and O–H groups in total. The molecule has 0 bridgehead atoms. The summed E-state index contributed by atoms with van der Waals surface area (Å²) < 4.78 is 17.8. The number of benzene rings is 1. The van der Waals surface area contributed by atoms with Gasteiger partial charge in [0.25, 0.3) is 0 Å². The monoisotopic (exact) mass is 184 g/mol. The minimum Gasteiger partial charge on any atom is -0.497 e. The molecule has 0 saturated carbocycles. The van der Waals surface area contributed by atoms with Crippen LogP contribution >= 0.6 is 0 Å². The molecule has 0 aromatic heterocycles. The standard InChI is InChI=1S/C10H13FO2/c1-10(2,12)7-4-8(11)6-9(5-7)13-3/h4-6,12H,1-3H3. The van der Waals surface area contributed by atoms with Gasteiger partial charge in [-0.05, 0) is 31.5 Å². The molecule has 13 heavy (non-hydrogen) atoms. The van der Waals surface area contributed by atoms with Crippen molar-refractivity contribution in [1.82, 2.24) is 0 Å². The third-order valence-corrected chi connectivity index (χ3v) is 1.81. The Hall–Kier alpha value is -1.09. The van der Waals surface area contributed by atoms with E-state index in [9.17, 15) is 9.50 Å². The molecule has 0 amide bonds. The van der Waals surface area contributed by atoms with Crippen LogP contribution in [0.25, 0.3) is 0 Å². The number of ether oxygens (including phenoxy) is 1. The van der Waals surface area contributed by atoms with E-state index in [-0.39, 0.29) is 0 Å². The summed E-state index contributed by atoms with van der Waals surface area (Å²) in [6.07, 6.45) is 0. The van der Waals surface area contributed by atoms with Gasteiger partial charge in [-0.3, -0.25) is 0 Å². The highest BCUT2D eigenvalue weighted by atomic mass is 19.1. The summed E-state index contributed by atoms with van der Waals surface area (Å²) >= 11 is 0. The van der Waals surface area contributed by atoms with Gasteiger partial charge in [-0.25, -0.2) is 4.39 Å². The smallest absolute Gasteiger partial charge is 0.127 e. The van der Waals surface area contributed by atoms with Crippen molar-refractivity contribution in [3.8, 4) is 5.75 Å². The fourth-order valence-corrected chi connectivity index (χ4v) is 1.03. The normalized spacial score (nSPS) is 11.5. The molecule has 0 radical (unpaired) electrons. The first-order valence-electron chi connectivity index (χ1n) is 4.01. The van der Waals surface area contributed by atoms with Gasteiger partial charge in [-0.2, -0.15) is 0 Å². The van der Waals surface area contributed by atoms with E-state index >= 15 is 0 Å². The van der Waals surface area contributed by atoms with Gasteiger partial charge >= 0.3 is 0 Å². The Morgan fingerprint density at radius 1 is 1.31 bits per heavy atom. The minimum absolute atomic E-state index is 0.406. The zero-order valence-corrected chi connectivity index (χ0v) is 7.97. The van der Waals surface area contributed by atoms with E-state index in [0.717, 1.165) is 0 Å². The predicted octanol–water partition coefficient (Wildman–Crippen LogP) is 2.06. The molecule has 2 nitrogen and oxygen atoms in total. The van der Waals surface area contributed by atoms with E-state index in [4.69, 9.17) is 4.74 Å². The Kier molecular flexibility index (Phi) is 2.57. The molecule has 0 aliphatic rings. The average molecular weight is 184 g/mol. The van der Waals surface area contributed by atoms with Crippen LogP contribution in [-0.4, -0.2) is 12.2 Å². The van der Waals surface area contributed by atoms with Crippen molar-refractivity contribution in [1.29, 1.82) is 0 Å². The van der Waals surface area contributed by atoms with Gasteiger partial charge in [0.05, 0.1) is 12.7 Å². The van der Waals surface area contributed by atoms with Crippen molar-refractivity contribution in [3.05, 3.63) is 29.6 Å². The highest BCUT2D eigenvalue weighted by Crippen LogP contribution is 2.25. The van der Waals surface area contributed by atoms with Crippen LogP contribution in [0.15, 0.2) is 18.2 Å². The van der Waals surface area contributed by atoms with E-state index in [1.165, 1.54) is 19.2 Å². The van der Waals surface area contributed by atoms with Crippen LogP contribution in [0.4, 0.5) is 4.39 Å². The fourth-order valence-electron chi connectivity index (χ4n) is 1.03. The van der Waals surface area contributed by atoms with Gasteiger partial charge in [0.15, 0.2) is 0 Å². The Balaban J connectivity index is 3.16. The molecule has 1 aromatic rings. The number of rotatable bonds is 2. The van der Waals surface area contributed by atoms with E-state index in [1.807, 2.05) is 0 Å². The van der Waals surface area contributed by atoms with Gasteiger partial charge in [0.1, 0.15) is 11.6 Å². The van der Waals surface area contributed by atoms with Crippen LogP contribution in [0.2, 0.25) is 0 Å². The van der Waals surface area contributed by atoms with Gasteiger partial charge in [0, 0.05) is 6.07 Å². The molecule has 0 saturated heterocycles. The second kappa shape index (κ2) is 3.34. The lowest BCUT2D eigenvalue weighted by Gasteiger charge is -2.18. The molecular formula is C10H13FO2. The lowest BCUT2D eigenvalue weighted by Crippen LogP contribution is -2.15. The number of halogens is 1. The minimum atomic E-state index is -1.05. The lowest BCUT2D eigenvalue weighted by atomic mass is 9.98. The van der Waals surface area contributed by atoms with Crippen LogP contribution in [0, 0.1) is 5.82 Å². The predicted molar refractivity (Wildman–Crippen MR) is 48.2 cm³/mol. The zero-order valence-electron chi connectivity index (χ0n) is 7.97. The zero-order chi connectivity index (χ0) is 10.1. The van der Waals surface area contributed by atoms with Gasteiger partial charge in [0.2, 0.25) is 0 Å². The van der Waals surface area contributed by atoms with E-state index in [2.05, 4.69) is 0 Å². The van der Waals surface area contributed by atoms with Crippen LogP contribution < -0.4 is 4.74 Å². The molecule has 1 aromatic carbocycles. The Morgan fingerprint density at radius 3 is 2.38 bits per heavy atom. The Labute approximate surface area is 77.0 Å². The molecule has 3 heteroatoms. The first-order valence-corrected chi connectivity index (χ1v) is 4.01. The highest BCUT2D eigenvalue weighted by Gasteiger charge is 2.17. The molecular weight excluding hydrogens is 171 g/mol. The summed E-state index contributed by atoms with van der Waals surface area (Å²) in [5.41, 5.74) is -0.542. The quantitative estimate of drug-likeness (QED) is 0.762. The maximum absolute atomic E-state index is 13.0. The van der Waals surface area contributed by atoms with Gasteiger partial charge in [-0.15, -0.1) is 0 Å². The highest BCUT2D eigenvalue weighted by molar-refractivity contribution is 5.32. The molecule has 72 valence electrons. The number of aliphatic hydroxyl groups is 1. The maximum atomic E-state index is 13.0. The van der Waals surface area contributed by atoms with Crippen molar-refractivity contribution in [2.45, 2.75) is 19.4 Å². The largest absolute Gasteiger partial charge is 0.497 e. The topological polar surface area (TPSA) is 29.5 Å². The number of methoxy groups -OCH3 is 1. The summed E-state index contributed by atoms with van der Waals surface area (Å²) in [7, 11) is 1.46. The molecule has 1 rings (SSSR count). The summed E-state index contributed by atoms with van der Waals surface area (Å²) in [4.78, 5) is 0. The maximum Gasteiger partial charge on any atom is 0.127 e. The number of hydrogen-bond acceptors (Lipinski definition) is 2. The lowest BCUT2D eigenvalue weighted by molar-refractivity contribution is 0.0779. The van der Waals surface area contributed by atoms with E-state index in [0.29, 0.717) is 11.3 Å². The van der Waals surface area contributed by atoms with Crippen LogP contribution in [-0.2, 0) is 5.60 Å². The average Bonchev–Trinajstić information content (AvgIpc) is 2.01. The second-order valence-electron chi connectivity index (χ2n) is 3.44. The van der Waals surface area contributed by atoms with Crippen molar-refractivity contribution in [2.24, 2.45) is 0 Å². The first kappa shape index (κ1) is 9.99. The Bertz CT molecular complexity index is 302. The van der Waals surface area contributed by atoms with Crippen molar-refractivity contribution >= 4 is 0 Å². The third-order valence-electron chi connectivity index (χ3n) is 1.81. The molecule has 0 unspecified atom stereocenters.